The highest BCUT2D eigenvalue weighted by Crippen LogP contribution is 2.16. The second-order valence-corrected chi connectivity index (χ2v) is 6.12. The largest absolute Gasteiger partial charge is 0.377 e. The van der Waals surface area contributed by atoms with E-state index in [2.05, 4.69) is 19.1 Å². The lowest BCUT2D eigenvalue weighted by Gasteiger charge is -2.10. The fourth-order valence-corrected chi connectivity index (χ4v) is 2.63. The minimum absolute atomic E-state index is 0.320. The molecule has 1 aromatic carbocycles. The van der Waals surface area contributed by atoms with Gasteiger partial charge in [-0.05, 0) is 30.1 Å². The first kappa shape index (κ1) is 16.3. The maximum Gasteiger partial charge on any atom is 0.189 e. The van der Waals surface area contributed by atoms with Crippen LogP contribution in [0.25, 0.3) is 0 Å². The summed E-state index contributed by atoms with van der Waals surface area (Å²) in [5, 5.41) is 0.320. The highest BCUT2D eigenvalue weighted by molar-refractivity contribution is 8.13. The van der Waals surface area contributed by atoms with Crippen molar-refractivity contribution in [1.82, 2.24) is 0 Å². The van der Waals surface area contributed by atoms with E-state index in [9.17, 15) is 4.79 Å². The van der Waals surface area contributed by atoms with E-state index in [1.54, 1.807) is 0 Å². The van der Waals surface area contributed by atoms with Gasteiger partial charge in [-0.3, -0.25) is 4.79 Å². The molecule has 0 bridgehead atoms. The summed E-state index contributed by atoms with van der Waals surface area (Å²) in [6.45, 7) is 5.62. The molecular formula is C16H24O2S. The molecule has 0 aliphatic rings. The van der Waals surface area contributed by atoms with Crippen LogP contribution in [-0.2, 0) is 16.1 Å². The Morgan fingerprint density at radius 1 is 1.32 bits per heavy atom. The molecule has 0 aliphatic heterocycles. The first-order valence-corrected chi connectivity index (χ1v) is 7.98. The Labute approximate surface area is 120 Å². The Morgan fingerprint density at radius 3 is 2.74 bits per heavy atom. The van der Waals surface area contributed by atoms with Crippen molar-refractivity contribution in [2.75, 3.05) is 12.4 Å². The zero-order valence-electron chi connectivity index (χ0n) is 11.9. The summed E-state index contributed by atoms with van der Waals surface area (Å²) >= 11 is 1.43. The normalized spacial score (nSPS) is 12.3. The molecule has 0 spiro atoms. The third-order valence-electron chi connectivity index (χ3n) is 2.92. The van der Waals surface area contributed by atoms with Crippen LogP contribution in [0.1, 0.15) is 38.7 Å². The lowest BCUT2D eigenvalue weighted by atomic mass is 10.0. The molecule has 0 radical (unpaired) electrons. The van der Waals surface area contributed by atoms with Crippen molar-refractivity contribution in [3.63, 3.8) is 0 Å². The summed E-state index contributed by atoms with van der Waals surface area (Å²) in [6.07, 6.45) is 2.78. The molecule has 0 amide bonds. The monoisotopic (exact) mass is 280 g/mol. The van der Waals surface area contributed by atoms with Gasteiger partial charge in [-0.2, -0.15) is 0 Å². The zero-order chi connectivity index (χ0) is 13.9. The molecule has 0 unspecified atom stereocenters. The molecule has 0 aliphatic carbocycles. The summed E-state index contributed by atoms with van der Waals surface area (Å²) in [4.78, 5) is 11.5. The van der Waals surface area contributed by atoms with Crippen molar-refractivity contribution < 1.29 is 9.53 Å². The second kappa shape index (κ2) is 10.0. The van der Waals surface area contributed by atoms with Gasteiger partial charge in [0.1, 0.15) is 0 Å². The number of benzene rings is 1. The SMILES string of the molecule is CCSC(=O)C[C@H](C)CCCOCc1ccccc1. The predicted octanol–water partition coefficient (Wildman–Crippen LogP) is 4.29. The van der Waals surface area contributed by atoms with Crippen LogP contribution >= 0.6 is 11.8 Å². The molecule has 106 valence electrons. The number of hydrogen-bond acceptors (Lipinski definition) is 3. The lowest BCUT2D eigenvalue weighted by molar-refractivity contribution is -0.111. The molecule has 19 heavy (non-hydrogen) atoms. The van der Waals surface area contributed by atoms with Crippen molar-refractivity contribution in [2.45, 2.75) is 39.7 Å². The molecule has 0 N–H and O–H groups in total. The summed E-state index contributed by atoms with van der Waals surface area (Å²) in [6, 6.07) is 10.2. The Hall–Kier alpha value is -0.800. The van der Waals surface area contributed by atoms with Crippen LogP contribution in [0.2, 0.25) is 0 Å². The van der Waals surface area contributed by atoms with E-state index in [1.807, 2.05) is 25.1 Å². The summed E-state index contributed by atoms with van der Waals surface area (Å²) in [5.74, 6) is 1.35. The average Bonchev–Trinajstić information content (AvgIpc) is 2.39. The molecule has 1 atom stereocenters. The first-order valence-electron chi connectivity index (χ1n) is 6.99. The second-order valence-electron chi connectivity index (χ2n) is 4.79. The van der Waals surface area contributed by atoms with Crippen molar-refractivity contribution >= 4 is 16.9 Å². The van der Waals surface area contributed by atoms with Gasteiger partial charge in [-0.15, -0.1) is 0 Å². The van der Waals surface area contributed by atoms with Gasteiger partial charge in [0.2, 0.25) is 0 Å². The summed E-state index contributed by atoms with van der Waals surface area (Å²) < 4.78 is 5.63. The maximum atomic E-state index is 11.5. The molecule has 2 nitrogen and oxygen atoms in total. The Bertz CT molecular complexity index is 351. The highest BCUT2D eigenvalue weighted by Gasteiger charge is 2.08. The fraction of sp³-hybridized carbons (Fsp3) is 0.562. The quantitative estimate of drug-likeness (QED) is 0.631. The number of hydrogen-bond donors (Lipinski definition) is 0. The Kier molecular flexibility index (Phi) is 8.59. The molecule has 0 fully saturated rings. The van der Waals surface area contributed by atoms with Gasteiger partial charge < -0.3 is 4.74 Å². The van der Waals surface area contributed by atoms with E-state index in [0.717, 1.165) is 25.2 Å². The molecule has 1 rings (SSSR count). The minimum Gasteiger partial charge on any atom is -0.377 e. The third kappa shape index (κ3) is 8.06. The minimum atomic E-state index is 0.320. The van der Waals surface area contributed by atoms with E-state index in [0.29, 0.717) is 24.1 Å². The molecule has 1 aromatic rings. The smallest absolute Gasteiger partial charge is 0.189 e. The van der Waals surface area contributed by atoms with Crippen LogP contribution in [0, 0.1) is 5.92 Å². The molecule has 3 heteroatoms. The van der Waals surface area contributed by atoms with Gasteiger partial charge in [0.05, 0.1) is 6.61 Å². The Morgan fingerprint density at radius 2 is 2.05 bits per heavy atom. The lowest BCUT2D eigenvalue weighted by Crippen LogP contribution is -2.04. The van der Waals surface area contributed by atoms with Gasteiger partial charge in [-0.1, -0.05) is 55.9 Å². The number of carbonyl (C=O) groups is 1. The van der Waals surface area contributed by atoms with Crippen LogP contribution in [0.15, 0.2) is 30.3 Å². The zero-order valence-corrected chi connectivity index (χ0v) is 12.7. The van der Waals surface area contributed by atoms with E-state index in [-0.39, 0.29) is 0 Å². The number of carbonyl (C=O) groups excluding carboxylic acids is 1. The van der Waals surface area contributed by atoms with Gasteiger partial charge in [0.15, 0.2) is 5.12 Å². The highest BCUT2D eigenvalue weighted by atomic mass is 32.2. The van der Waals surface area contributed by atoms with Crippen molar-refractivity contribution in [3.05, 3.63) is 35.9 Å². The predicted molar refractivity (Wildman–Crippen MR) is 82.3 cm³/mol. The maximum absolute atomic E-state index is 11.5. The van der Waals surface area contributed by atoms with E-state index in [4.69, 9.17) is 4.74 Å². The van der Waals surface area contributed by atoms with Gasteiger partial charge in [-0.25, -0.2) is 0 Å². The topological polar surface area (TPSA) is 26.3 Å². The molecule has 0 aromatic heterocycles. The number of thioether (sulfide) groups is 1. The van der Waals surface area contributed by atoms with Gasteiger partial charge >= 0.3 is 0 Å². The van der Waals surface area contributed by atoms with Crippen LogP contribution in [0.5, 0.6) is 0 Å². The van der Waals surface area contributed by atoms with E-state index >= 15 is 0 Å². The van der Waals surface area contributed by atoms with Crippen LogP contribution in [0.3, 0.4) is 0 Å². The van der Waals surface area contributed by atoms with E-state index < -0.39 is 0 Å². The summed E-state index contributed by atoms with van der Waals surface area (Å²) in [5.41, 5.74) is 1.21. The van der Waals surface area contributed by atoms with Crippen molar-refractivity contribution in [1.29, 1.82) is 0 Å². The van der Waals surface area contributed by atoms with Crippen molar-refractivity contribution in [3.8, 4) is 0 Å². The number of rotatable bonds is 9. The summed E-state index contributed by atoms with van der Waals surface area (Å²) in [7, 11) is 0. The van der Waals surface area contributed by atoms with Crippen LogP contribution in [0.4, 0.5) is 0 Å². The van der Waals surface area contributed by atoms with E-state index in [1.165, 1.54) is 17.3 Å². The molecular weight excluding hydrogens is 256 g/mol. The third-order valence-corrected chi connectivity index (χ3v) is 3.69. The van der Waals surface area contributed by atoms with Gasteiger partial charge in [0, 0.05) is 13.0 Å². The molecule has 0 saturated carbocycles. The average molecular weight is 280 g/mol. The first-order chi connectivity index (χ1) is 9.22. The fourth-order valence-electron chi connectivity index (χ4n) is 1.90. The number of ether oxygens (including phenoxy) is 1. The Balaban J connectivity index is 2.03. The standard InChI is InChI=1S/C16H24O2S/c1-3-19-16(17)12-14(2)8-7-11-18-13-15-9-5-4-6-10-15/h4-6,9-10,14H,3,7-8,11-13H2,1-2H3/t14-/m1/s1. The van der Waals surface area contributed by atoms with Crippen molar-refractivity contribution in [2.24, 2.45) is 5.92 Å². The van der Waals surface area contributed by atoms with Crippen LogP contribution in [-0.4, -0.2) is 17.5 Å². The van der Waals surface area contributed by atoms with Crippen LogP contribution < -0.4 is 0 Å². The van der Waals surface area contributed by atoms with Gasteiger partial charge in [0.25, 0.3) is 0 Å². The molecule has 0 heterocycles. The molecule has 0 saturated heterocycles.